The van der Waals surface area contributed by atoms with E-state index in [0.717, 1.165) is 38.8 Å². The average molecular weight is 372 g/mol. The van der Waals surface area contributed by atoms with Crippen molar-refractivity contribution < 1.29 is 13.9 Å². The molecule has 1 unspecified atom stereocenters. The van der Waals surface area contributed by atoms with Gasteiger partial charge in [0.2, 0.25) is 5.91 Å². The second-order valence-corrected chi connectivity index (χ2v) is 6.78. The summed E-state index contributed by atoms with van der Waals surface area (Å²) in [5.74, 6) is -0.395. The number of hydrogen-bond acceptors (Lipinski definition) is 4. The number of piperidine rings is 1. The van der Waals surface area contributed by atoms with Gasteiger partial charge in [-0.3, -0.25) is 4.79 Å². The second kappa shape index (κ2) is 9.36. The Balaban J connectivity index is 0.00000225. The summed E-state index contributed by atoms with van der Waals surface area (Å²) < 4.78 is 19.7. The van der Waals surface area contributed by atoms with E-state index in [1.165, 1.54) is 6.07 Å². The lowest BCUT2D eigenvalue weighted by molar-refractivity contribution is -0.120. The van der Waals surface area contributed by atoms with E-state index >= 15 is 0 Å². The van der Waals surface area contributed by atoms with Crippen LogP contribution in [-0.4, -0.2) is 37.7 Å². The highest BCUT2D eigenvalue weighted by molar-refractivity contribution is 5.92. The predicted octanol–water partition coefficient (Wildman–Crippen LogP) is 3.17. The minimum atomic E-state index is -0.357. The van der Waals surface area contributed by atoms with Crippen LogP contribution >= 0.6 is 12.4 Å². The van der Waals surface area contributed by atoms with Gasteiger partial charge in [0.25, 0.3) is 0 Å². The van der Waals surface area contributed by atoms with Gasteiger partial charge in [-0.1, -0.05) is 0 Å². The number of amides is 1. The maximum Gasteiger partial charge on any atom is 0.227 e. The summed E-state index contributed by atoms with van der Waals surface area (Å²) in [6.45, 7) is 4.32. The Bertz CT molecular complexity index is 581. The zero-order chi connectivity index (χ0) is 16.9. The molecule has 3 N–H and O–H groups in total. The molecule has 0 bridgehead atoms. The van der Waals surface area contributed by atoms with Crippen LogP contribution in [0.5, 0.6) is 0 Å². The molecule has 2 heterocycles. The van der Waals surface area contributed by atoms with Gasteiger partial charge < -0.3 is 20.7 Å². The van der Waals surface area contributed by atoms with Crippen molar-refractivity contribution in [3.05, 3.63) is 24.0 Å². The molecule has 3 rings (SSSR count). The molecule has 25 heavy (non-hydrogen) atoms. The van der Waals surface area contributed by atoms with Crippen LogP contribution < -0.4 is 16.0 Å². The van der Waals surface area contributed by atoms with Crippen LogP contribution in [0, 0.1) is 11.7 Å². The molecule has 1 amide bonds. The highest BCUT2D eigenvalue weighted by Gasteiger charge is 2.24. The van der Waals surface area contributed by atoms with Gasteiger partial charge in [-0.25, -0.2) is 4.39 Å². The first-order chi connectivity index (χ1) is 11.6. The number of carbonyl (C=O) groups is 1. The quantitative estimate of drug-likeness (QED) is 0.744. The highest BCUT2D eigenvalue weighted by atomic mass is 35.5. The fourth-order valence-corrected chi connectivity index (χ4v) is 3.38. The Hall–Kier alpha value is -1.37. The van der Waals surface area contributed by atoms with Gasteiger partial charge in [-0.15, -0.1) is 12.4 Å². The summed E-state index contributed by atoms with van der Waals surface area (Å²) in [4.78, 5) is 12.3. The van der Waals surface area contributed by atoms with E-state index in [-0.39, 0.29) is 36.2 Å². The molecule has 1 aromatic carbocycles. The summed E-state index contributed by atoms with van der Waals surface area (Å²) in [5, 5.41) is 9.25. The number of carbonyl (C=O) groups excluding carboxylic acids is 1. The molecule has 2 fully saturated rings. The molecule has 0 aromatic heterocycles. The Labute approximate surface area is 154 Å². The Morgan fingerprint density at radius 1 is 1.40 bits per heavy atom. The first kappa shape index (κ1) is 19.9. The standard InChI is InChI=1S/C18H26FN3O2.ClH/c1-12-9-13(6-7-20-12)18(23)22-14-4-5-17(16(19)10-14)21-11-15-3-2-8-24-15;/h4-5,10,12-13,15,20-21H,2-3,6-9,11H2,1H3,(H,22,23);1H/t12-,13-,15?;/m0./s1. The maximum atomic E-state index is 14.2. The number of halogens is 2. The Morgan fingerprint density at radius 3 is 2.92 bits per heavy atom. The van der Waals surface area contributed by atoms with Gasteiger partial charge in [-0.2, -0.15) is 0 Å². The Kier molecular flexibility index (Phi) is 7.47. The summed E-state index contributed by atoms with van der Waals surface area (Å²) in [7, 11) is 0. The number of ether oxygens (including phenoxy) is 1. The molecule has 5 nitrogen and oxygen atoms in total. The third kappa shape index (κ3) is 5.56. The molecule has 2 aliphatic rings. The van der Waals surface area contributed by atoms with Crippen LogP contribution in [0.1, 0.15) is 32.6 Å². The zero-order valence-electron chi connectivity index (χ0n) is 14.5. The highest BCUT2D eigenvalue weighted by Crippen LogP contribution is 2.23. The van der Waals surface area contributed by atoms with Gasteiger partial charge in [0.15, 0.2) is 0 Å². The van der Waals surface area contributed by atoms with Gasteiger partial charge >= 0.3 is 0 Å². The molecular weight excluding hydrogens is 345 g/mol. The molecule has 2 aliphatic heterocycles. The van der Waals surface area contributed by atoms with Gasteiger partial charge in [0, 0.05) is 30.8 Å². The van der Waals surface area contributed by atoms with E-state index in [4.69, 9.17) is 4.74 Å². The minimum absolute atomic E-state index is 0. The van der Waals surface area contributed by atoms with E-state index in [1.807, 2.05) is 0 Å². The van der Waals surface area contributed by atoms with Crippen molar-refractivity contribution in [1.29, 1.82) is 0 Å². The van der Waals surface area contributed by atoms with Crippen LogP contribution in [0.15, 0.2) is 18.2 Å². The number of nitrogens with one attached hydrogen (secondary N) is 3. The number of rotatable bonds is 5. The maximum absolute atomic E-state index is 14.2. The smallest absolute Gasteiger partial charge is 0.227 e. The molecule has 0 saturated carbocycles. The number of anilines is 2. The first-order valence-corrected chi connectivity index (χ1v) is 8.81. The van der Waals surface area contributed by atoms with E-state index in [1.54, 1.807) is 12.1 Å². The van der Waals surface area contributed by atoms with Crippen molar-refractivity contribution in [3.8, 4) is 0 Å². The fraction of sp³-hybridized carbons (Fsp3) is 0.611. The van der Waals surface area contributed by atoms with Crippen molar-refractivity contribution in [3.63, 3.8) is 0 Å². The van der Waals surface area contributed by atoms with E-state index < -0.39 is 0 Å². The van der Waals surface area contributed by atoms with Gasteiger partial charge in [-0.05, 0) is 57.4 Å². The van der Waals surface area contributed by atoms with Crippen molar-refractivity contribution in [2.75, 3.05) is 30.3 Å². The van der Waals surface area contributed by atoms with Crippen LogP contribution in [0.25, 0.3) is 0 Å². The average Bonchev–Trinajstić information content (AvgIpc) is 3.07. The van der Waals surface area contributed by atoms with Crippen molar-refractivity contribution in [2.45, 2.75) is 44.8 Å². The van der Waals surface area contributed by atoms with Crippen molar-refractivity contribution in [2.24, 2.45) is 5.92 Å². The van der Waals surface area contributed by atoms with Gasteiger partial charge in [0.05, 0.1) is 11.8 Å². The summed E-state index contributed by atoms with van der Waals surface area (Å²) in [6.07, 6.45) is 3.87. The van der Waals surface area contributed by atoms with E-state index in [0.29, 0.717) is 24.0 Å². The van der Waals surface area contributed by atoms with E-state index in [2.05, 4.69) is 22.9 Å². The van der Waals surface area contributed by atoms with Crippen molar-refractivity contribution in [1.82, 2.24) is 5.32 Å². The molecule has 0 spiro atoms. The third-order valence-electron chi connectivity index (χ3n) is 4.78. The summed E-state index contributed by atoms with van der Waals surface area (Å²) in [6, 6.07) is 5.13. The fourth-order valence-electron chi connectivity index (χ4n) is 3.38. The summed E-state index contributed by atoms with van der Waals surface area (Å²) in [5.41, 5.74) is 0.949. The number of benzene rings is 1. The van der Waals surface area contributed by atoms with Crippen molar-refractivity contribution >= 4 is 29.7 Å². The molecule has 7 heteroatoms. The third-order valence-corrected chi connectivity index (χ3v) is 4.78. The van der Waals surface area contributed by atoms with Crippen LogP contribution in [-0.2, 0) is 9.53 Å². The number of hydrogen-bond donors (Lipinski definition) is 3. The lowest BCUT2D eigenvalue weighted by Crippen LogP contribution is -2.40. The first-order valence-electron chi connectivity index (χ1n) is 8.81. The largest absolute Gasteiger partial charge is 0.380 e. The van der Waals surface area contributed by atoms with Crippen LogP contribution in [0.4, 0.5) is 15.8 Å². The lowest BCUT2D eigenvalue weighted by Gasteiger charge is -2.27. The van der Waals surface area contributed by atoms with E-state index in [9.17, 15) is 9.18 Å². The molecule has 0 aliphatic carbocycles. The molecule has 0 radical (unpaired) electrons. The normalized spacial score (nSPS) is 25.9. The molecule has 3 atom stereocenters. The molecule has 2 saturated heterocycles. The van der Waals surface area contributed by atoms with Gasteiger partial charge in [0.1, 0.15) is 5.82 Å². The molecule has 140 valence electrons. The Morgan fingerprint density at radius 2 is 2.24 bits per heavy atom. The minimum Gasteiger partial charge on any atom is -0.380 e. The predicted molar refractivity (Wildman–Crippen MR) is 99.9 cm³/mol. The summed E-state index contributed by atoms with van der Waals surface area (Å²) >= 11 is 0. The lowest BCUT2D eigenvalue weighted by atomic mass is 9.92. The zero-order valence-corrected chi connectivity index (χ0v) is 15.3. The molecule has 1 aromatic rings. The SMILES string of the molecule is C[C@H]1C[C@@H](C(=O)Nc2ccc(NCC3CCCO3)c(F)c2)CCN1.Cl. The monoisotopic (exact) mass is 371 g/mol. The second-order valence-electron chi connectivity index (χ2n) is 6.78. The topological polar surface area (TPSA) is 62.4 Å². The molecular formula is C18H27ClFN3O2. The van der Waals surface area contributed by atoms with Crippen LogP contribution in [0.3, 0.4) is 0 Å². The van der Waals surface area contributed by atoms with Crippen LogP contribution in [0.2, 0.25) is 0 Å².